The van der Waals surface area contributed by atoms with Gasteiger partial charge in [0.25, 0.3) is 0 Å². The maximum atomic E-state index is 3.87. The third-order valence-corrected chi connectivity index (χ3v) is 4.41. The minimum Gasteiger partial charge on any atom is -0.310 e. The molecule has 0 aromatic carbocycles. The first kappa shape index (κ1) is 12.4. The number of nitrogens with zero attached hydrogens (tertiary/aromatic N) is 1. The smallest absolute Gasteiger partial charge is 0.0200 e. The van der Waals surface area contributed by atoms with E-state index in [9.17, 15) is 0 Å². The standard InChI is InChI=1S/C14H28N2/c1-3-9-16(4-2)11-13-10-12-7-5-6-8-14(12)15-13/h12-15H,3-11H2,1-2H3. The van der Waals surface area contributed by atoms with Crippen LogP contribution in [-0.2, 0) is 0 Å². The summed E-state index contributed by atoms with van der Waals surface area (Å²) in [6, 6.07) is 1.64. The monoisotopic (exact) mass is 224 g/mol. The molecule has 0 aromatic rings. The van der Waals surface area contributed by atoms with Gasteiger partial charge in [0.2, 0.25) is 0 Å². The van der Waals surface area contributed by atoms with Crippen molar-refractivity contribution in [3.63, 3.8) is 0 Å². The van der Waals surface area contributed by atoms with Gasteiger partial charge in [-0.3, -0.25) is 0 Å². The van der Waals surface area contributed by atoms with E-state index >= 15 is 0 Å². The van der Waals surface area contributed by atoms with E-state index in [0.29, 0.717) is 0 Å². The molecule has 0 spiro atoms. The fraction of sp³-hybridized carbons (Fsp3) is 1.00. The Hall–Kier alpha value is -0.0800. The lowest BCUT2D eigenvalue weighted by atomic mass is 9.85. The van der Waals surface area contributed by atoms with Crippen LogP contribution in [0, 0.1) is 5.92 Å². The second kappa shape index (κ2) is 6.02. The molecule has 16 heavy (non-hydrogen) atoms. The number of likely N-dealkylation sites (N-methyl/N-ethyl adjacent to an activating group) is 1. The molecule has 0 aromatic heterocycles. The van der Waals surface area contributed by atoms with Gasteiger partial charge in [-0.1, -0.05) is 26.7 Å². The van der Waals surface area contributed by atoms with Crippen molar-refractivity contribution in [3.05, 3.63) is 0 Å². The summed E-state index contributed by atoms with van der Waals surface area (Å²) in [6.45, 7) is 8.32. The van der Waals surface area contributed by atoms with Gasteiger partial charge in [0.05, 0.1) is 0 Å². The van der Waals surface area contributed by atoms with E-state index in [4.69, 9.17) is 0 Å². The molecule has 2 aliphatic rings. The Morgan fingerprint density at radius 1 is 1.19 bits per heavy atom. The molecule has 0 amide bonds. The summed E-state index contributed by atoms with van der Waals surface area (Å²) >= 11 is 0. The first-order chi connectivity index (χ1) is 7.83. The van der Waals surface area contributed by atoms with E-state index in [0.717, 1.165) is 18.0 Å². The van der Waals surface area contributed by atoms with E-state index in [1.165, 1.54) is 58.2 Å². The molecule has 2 heteroatoms. The topological polar surface area (TPSA) is 15.3 Å². The average Bonchev–Trinajstić information content (AvgIpc) is 2.70. The van der Waals surface area contributed by atoms with Gasteiger partial charge in [0, 0.05) is 18.6 Å². The summed E-state index contributed by atoms with van der Waals surface area (Å²) in [5.74, 6) is 0.999. The highest BCUT2D eigenvalue weighted by molar-refractivity contribution is 4.93. The molecule has 1 aliphatic carbocycles. The zero-order valence-corrected chi connectivity index (χ0v) is 11.0. The first-order valence-corrected chi connectivity index (χ1v) is 7.31. The number of rotatable bonds is 5. The van der Waals surface area contributed by atoms with E-state index in [-0.39, 0.29) is 0 Å². The predicted molar refractivity (Wildman–Crippen MR) is 69.7 cm³/mol. The molecule has 2 nitrogen and oxygen atoms in total. The lowest BCUT2D eigenvalue weighted by molar-refractivity contribution is 0.258. The summed E-state index contributed by atoms with van der Waals surface area (Å²) in [4.78, 5) is 2.61. The van der Waals surface area contributed by atoms with Crippen LogP contribution in [0.25, 0.3) is 0 Å². The third kappa shape index (κ3) is 2.98. The van der Waals surface area contributed by atoms with Crippen molar-refractivity contribution in [3.8, 4) is 0 Å². The molecule has 1 saturated heterocycles. The summed E-state index contributed by atoms with van der Waals surface area (Å²) in [5, 5.41) is 3.87. The average molecular weight is 224 g/mol. The molecule has 0 bridgehead atoms. The molecule has 1 N–H and O–H groups in total. The summed E-state index contributed by atoms with van der Waals surface area (Å²) in [6.07, 6.45) is 8.56. The van der Waals surface area contributed by atoms with E-state index < -0.39 is 0 Å². The Bertz CT molecular complexity index is 191. The first-order valence-electron chi connectivity index (χ1n) is 7.31. The summed E-state index contributed by atoms with van der Waals surface area (Å²) < 4.78 is 0. The summed E-state index contributed by atoms with van der Waals surface area (Å²) in [5.41, 5.74) is 0. The van der Waals surface area contributed by atoms with Crippen molar-refractivity contribution in [2.24, 2.45) is 5.92 Å². The molecular weight excluding hydrogens is 196 g/mol. The fourth-order valence-electron chi connectivity index (χ4n) is 3.58. The zero-order valence-electron chi connectivity index (χ0n) is 11.0. The Labute approximate surface area is 101 Å². The highest BCUT2D eigenvalue weighted by Crippen LogP contribution is 2.33. The highest BCUT2D eigenvalue weighted by Gasteiger charge is 2.35. The van der Waals surface area contributed by atoms with Crippen molar-refractivity contribution in [1.29, 1.82) is 0 Å². The van der Waals surface area contributed by atoms with E-state index in [1.54, 1.807) is 0 Å². The van der Waals surface area contributed by atoms with Crippen molar-refractivity contribution in [2.45, 2.75) is 64.5 Å². The lowest BCUT2D eigenvalue weighted by Gasteiger charge is -2.25. The van der Waals surface area contributed by atoms with Gasteiger partial charge in [0.1, 0.15) is 0 Å². The van der Waals surface area contributed by atoms with Gasteiger partial charge in [-0.05, 0) is 44.7 Å². The van der Waals surface area contributed by atoms with Crippen LogP contribution in [0.2, 0.25) is 0 Å². The van der Waals surface area contributed by atoms with Crippen LogP contribution in [0.3, 0.4) is 0 Å². The van der Waals surface area contributed by atoms with Crippen LogP contribution in [0.4, 0.5) is 0 Å². The second-order valence-electron chi connectivity index (χ2n) is 5.64. The lowest BCUT2D eigenvalue weighted by Crippen LogP contribution is -2.40. The molecule has 3 unspecified atom stereocenters. The van der Waals surface area contributed by atoms with Crippen LogP contribution in [-0.4, -0.2) is 36.6 Å². The quantitative estimate of drug-likeness (QED) is 0.772. The van der Waals surface area contributed by atoms with E-state index in [2.05, 4.69) is 24.1 Å². The normalized spacial score (nSPS) is 34.3. The van der Waals surface area contributed by atoms with Crippen molar-refractivity contribution in [2.75, 3.05) is 19.6 Å². The molecule has 2 rings (SSSR count). The molecule has 3 atom stereocenters. The third-order valence-electron chi connectivity index (χ3n) is 4.41. The van der Waals surface area contributed by atoms with Gasteiger partial charge in [-0.2, -0.15) is 0 Å². The molecule has 0 radical (unpaired) electrons. The maximum Gasteiger partial charge on any atom is 0.0200 e. The predicted octanol–water partition coefficient (Wildman–Crippen LogP) is 2.64. The van der Waals surface area contributed by atoms with Crippen LogP contribution >= 0.6 is 0 Å². The van der Waals surface area contributed by atoms with Crippen molar-refractivity contribution >= 4 is 0 Å². The Morgan fingerprint density at radius 2 is 2.00 bits per heavy atom. The largest absolute Gasteiger partial charge is 0.310 e. The summed E-state index contributed by atoms with van der Waals surface area (Å²) in [7, 11) is 0. The van der Waals surface area contributed by atoms with Crippen LogP contribution in [0.15, 0.2) is 0 Å². The van der Waals surface area contributed by atoms with Crippen LogP contribution in [0.1, 0.15) is 52.4 Å². The van der Waals surface area contributed by atoms with Gasteiger partial charge >= 0.3 is 0 Å². The van der Waals surface area contributed by atoms with Crippen LogP contribution in [0.5, 0.6) is 0 Å². The zero-order chi connectivity index (χ0) is 11.4. The number of hydrogen-bond acceptors (Lipinski definition) is 2. The van der Waals surface area contributed by atoms with Crippen molar-refractivity contribution < 1.29 is 0 Å². The Morgan fingerprint density at radius 3 is 2.69 bits per heavy atom. The van der Waals surface area contributed by atoms with Crippen molar-refractivity contribution in [1.82, 2.24) is 10.2 Å². The molecule has 1 aliphatic heterocycles. The number of hydrogen-bond donors (Lipinski definition) is 1. The number of nitrogens with one attached hydrogen (secondary N) is 1. The maximum absolute atomic E-state index is 3.87. The minimum atomic E-state index is 0.777. The van der Waals surface area contributed by atoms with E-state index in [1.807, 2.05) is 0 Å². The SMILES string of the molecule is CCCN(CC)CC1CC2CCCCC2N1. The van der Waals surface area contributed by atoms with Gasteiger partial charge in [0.15, 0.2) is 0 Å². The Kier molecular flexibility index (Phi) is 4.66. The molecule has 94 valence electrons. The second-order valence-corrected chi connectivity index (χ2v) is 5.64. The molecular formula is C14H28N2. The van der Waals surface area contributed by atoms with Gasteiger partial charge < -0.3 is 10.2 Å². The molecule has 2 fully saturated rings. The van der Waals surface area contributed by atoms with Gasteiger partial charge in [-0.15, -0.1) is 0 Å². The minimum absolute atomic E-state index is 0.777. The number of fused-ring (bicyclic) bond motifs is 1. The van der Waals surface area contributed by atoms with Gasteiger partial charge in [-0.25, -0.2) is 0 Å². The Balaban J connectivity index is 1.78. The van der Waals surface area contributed by atoms with Crippen LogP contribution < -0.4 is 5.32 Å². The fourth-order valence-corrected chi connectivity index (χ4v) is 3.58. The molecule has 1 saturated carbocycles. The molecule has 1 heterocycles. The highest BCUT2D eigenvalue weighted by atomic mass is 15.2.